The highest BCUT2D eigenvalue weighted by molar-refractivity contribution is 5.78. The molecule has 1 aromatic rings. The summed E-state index contributed by atoms with van der Waals surface area (Å²) < 4.78 is 5.93. The molecule has 2 heterocycles. The van der Waals surface area contributed by atoms with Crippen molar-refractivity contribution in [2.75, 3.05) is 20.1 Å². The van der Waals surface area contributed by atoms with Crippen LogP contribution in [0.25, 0.3) is 0 Å². The average molecular weight is 302 g/mol. The van der Waals surface area contributed by atoms with Crippen LogP contribution in [0.1, 0.15) is 37.8 Å². The Morgan fingerprint density at radius 3 is 2.77 bits per heavy atom. The van der Waals surface area contributed by atoms with Gasteiger partial charge in [-0.15, -0.1) is 0 Å². The Balaban J connectivity index is 1.58. The van der Waals surface area contributed by atoms with E-state index in [9.17, 15) is 4.79 Å². The monoisotopic (exact) mass is 302 g/mol. The zero-order valence-corrected chi connectivity index (χ0v) is 13.8. The largest absolute Gasteiger partial charge is 0.487 e. The summed E-state index contributed by atoms with van der Waals surface area (Å²) in [6, 6.07) is 6.57. The van der Waals surface area contributed by atoms with Crippen LogP contribution in [0.2, 0.25) is 0 Å². The lowest BCUT2D eigenvalue weighted by Crippen LogP contribution is -2.39. The molecular formula is C18H26N2O2. The predicted molar refractivity (Wildman–Crippen MR) is 86.9 cm³/mol. The normalized spacial score (nSPS) is 21.2. The van der Waals surface area contributed by atoms with Gasteiger partial charge in [-0.2, -0.15) is 0 Å². The van der Waals surface area contributed by atoms with Crippen molar-refractivity contribution in [3.8, 4) is 5.75 Å². The maximum Gasteiger partial charge on any atom is 0.222 e. The van der Waals surface area contributed by atoms with Crippen LogP contribution in [0.4, 0.5) is 0 Å². The van der Waals surface area contributed by atoms with Crippen molar-refractivity contribution in [2.45, 2.75) is 45.3 Å². The highest BCUT2D eigenvalue weighted by Gasteiger charge is 2.30. The molecule has 0 aliphatic carbocycles. The number of benzene rings is 1. The first-order valence-electron chi connectivity index (χ1n) is 8.21. The van der Waals surface area contributed by atoms with Gasteiger partial charge in [-0.05, 0) is 57.0 Å². The minimum absolute atomic E-state index is 0.0766. The van der Waals surface area contributed by atoms with Gasteiger partial charge in [-0.25, -0.2) is 0 Å². The fourth-order valence-corrected chi connectivity index (χ4v) is 3.58. The molecule has 22 heavy (non-hydrogen) atoms. The van der Waals surface area contributed by atoms with Crippen LogP contribution in [0.15, 0.2) is 18.2 Å². The Hall–Kier alpha value is -1.55. The molecule has 2 aliphatic heterocycles. The minimum Gasteiger partial charge on any atom is -0.487 e. The lowest BCUT2D eigenvalue weighted by Gasteiger charge is -2.31. The highest BCUT2D eigenvalue weighted by Crippen LogP contribution is 2.35. The Morgan fingerprint density at radius 1 is 1.36 bits per heavy atom. The van der Waals surface area contributed by atoms with Gasteiger partial charge in [0, 0.05) is 25.9 Å². The molecule has 0 saturated carbocycles. The van der Waals surface area contributed by atoms with Gasteiger partial charge in [0.05, 0.1) is 0 Å². The van der Waals surface area contributed by atoms with Gasteiger partial charge < -0.3 is 10.1 Å². The Bertz CT molecular complexity index is 560. The van der Waals surface area contributed by atoms with Gasteiger partial charge in [0.15, 0.2) is 0 Å². The van der Waals surface area contributed by atoms with Gasteiger partial charge in [0.25, 0.3) is 0 Å². The van der Waals surface area contributed by atoms with E-state index in [1.54, 1.807) is 7.05 Å². The molecule has 2 aliphatic rings. The van der Waals surface area contributed by atoms with Gasteiger partial charge in [0.2, 0.25) is 5.91 Å². The molecular weight excluding hydrogens is 276 g/mol. The van der Waals surface area contributed by atoms with Crippen molar-refractivity contribution in [2.24, 2.45) is 5.92 Å². The third kappa shape index (κ3) is 3.27. The van der Waals surface area contributed by atoms with Crippen LogP contribution >= 0.6 is 0 Å². The number of hydrogen-bond acceptors (Lipinski definition) is 3. The molecule has 1 amide bonds. The summed E-state index contributed by atoms with van der Waals surface area (Å²) in [5, 5.41) is 2.76. The van der Waals surface area contributed by atoms with E-state index in [0.717, 1.165) is 44.6 Å². The van der Waals surface area contributed by atoms with Gasteiger partial charge >= 0.3 is 0 Å². The molecule has 1 N–H and O–H groups in total. The molecule has 120 valence electrons. The van der Waals surface area contributed by atoms with Crippen LogP contribution < -0.4 is 10.1 Å². The van der Waals surface area contributed by atoms with E-state index in [4.69, 9.17) is 4.74 Å². The number of ether oxygens (including phenoxy) is 1. The molecule has 4 heteroatoms. The summed E-state index contributed by atoms with van der Waals surface area (Å²) in [6.07, 6.45) is 2.90. The summed E-state index contributed by atoms with van der Waals surface area (Å²) in [5.41, 5.74) is 2.59. The Morgan fingerprint density at radius 2 is 2.09 bits per heavy atom. The SMILES string of the molecule is CNC(=O)C1CCN(Cc2ccc3c(c2)CC(C)(C)O3)CC1. The number of nitrogens with one attached hydrogen (secondary N) is 1. The molecule has 4 nitrogen and oxygen atoms in total. The third-order valence-electron chi connectivity index (χ3n) is 4.74. The number of likely N-dealkylation sites (tertiary alicyclic amines) is 1. The maximum absolute atomic E-state index is 11.7. The quantitative estimate of drug-likeness (QED) is 0.932. The Labute approximate surface area is 132 Å². The second-order valence-electron chi connectivity index (χ2n) is 7.15. The van der Waals surface area contributed by atoms with E-state index in [0.29, 0.717) is 0 Å². The number of amides is 1. The average Bonchev–Trinajstić information content (AvgIpc) is 2.80. The third-order valence-corrected chi connectivity index (χ3v) is 4.74. The summed E-state index contributed by atoms with van der Waals surface area (Å²) in [4.78, 5) is 14.1. The zero-order chi connectivity index (χ0) is 15.7. The van der Waals surface area contributed by atoms with Gasteiger partial charge in [0.1, 0.15) is 11.4 Å². The number of fused-ring (bicyclic) bond motifs is 1. The first kappa shape index (κ1) is 15.3. The van der Waals surface area contributed by atoms with Crippen LogP contribution in [-0.2, 0) is 17.8 Å². The first-order chi connectivity index (χ1) is 10.5. The number of piperidine rings is 1. The van der Waals surface area contributed by atoms with E-state index in [-0.39, 0.29) is 17.4 Å². The van der Waals surface area contributed by atoms with Crippen molar-refractivity contribution in [1.82, 2.24) is 10.2 Å². The van der Waals surface area contributed by atoms with Crippen molar-refractivity contribution in [3.63, 3.8) is 0 Å². The molecule has 0 unspecified atom stereocenters. The molecule has 0 atom stereocenters. The fourth-order valence-electron chi connectivity index (χ4n) is 3.58. The van der Waals surface area contributed by atoms with E-state index >= 15 is 0 Å². The number of carbonyl (C=O) groups is 1. The van der Waals surface area contributed by atoms with Crippen LogP contribution in [-0.4, -0.2) is 36.5 Å². The molecule has 1 aromatic carbocycles. The molecule has 0 bridgehead atoms. The number of hydrogen-bond donors (Lipinski definition) is 1. The summed E-state index contributed by atoms with van der Waals surface area (Å²) in [6.45, 7) is 7.23. The molecule has 3 rings (SSSR count). The standard InChI is InChI=1S/C18H26N2O2/c1-18(2)11-15-10-13(4-5-16(15)22-18)12-20-8-6-14(7-9-20)17(21)19-3/h4-5,10,14H,6-9,11-12H2,1-3H3,(H,19,21). The van der Waals surface area contributed by atoms with Crippen molar-refractivity contribution >= 4 is 5.91 Å². The minimum atomic E-state index is -0.0766. The van der Waals surface area contributed by atoms with Crippen molar-refractivity contribution in [3.05, 3.63) is 29.3 Å². The Kier molecular flexibility index (Phi) is 4.13. The lowest BCUT2D eigenvalue weighted by atomic mass is 9.95. The second-order valence-corrected chi connectivity index (χ2v) is 7.15. The fraction of sp³-hybridized carbons (Fsp3) is 0.611. The molecule has 1 saturated heterocycles. The summed E-state index contributed by atoms with van der Waals surface area (Å²) >= 11 is 0. The van der Waals surface area contributed by atoms with Crippen molar-refractivity contribution in [1.29, 1.82) is 0 Å². The van der Waals surface area contributed by atoms with Crippen LogP contribution in [0.5, 0.6) is 5.75 Å². The summed E-state index contributed by atoms with van der Waals surface area (Å²) in [7, 11) is 1.73. The smallest absolute Gasteiger partial charge is 0.222 e. The van der Waals surface area contributed by atoms with Crippen molar-refractivity contribution < 1.29 is 9.53 Å². The van der Waals surface area contributed by atoms with E-state index < -0.39 is 0 Å². The molecule has 0 spiro atoms. The van der Waals surface area contributed by atoms with E-state index in [2.05, 4.69) is 42.3 Å². The zero-order valence-electron chi connectivity index (χ0n) is 13.8. The van der Waals surface area contributed by atoms with Gasteiger partial charge in [-0.1, -0.05) is 12.1 Å². The lowest BCUT2D eigenvalue weighted by molar-refractivity contribution is -0.125. The van der Waals surface area contributed by atoms with Gasteiger partial charge in [-0.3, -0.25) is 9.69 Å². The second kappa shape index (κ2) is 5.92. The maximum atomic E-state index is 11.7. The van der Waals surface area contributed by atoms with Crippen LogP contribution in [0.3, 0.4) is 0 Å². The number of carbonyl (C=O) groups excluding carboxylic acids is 1. The molecule has 0 radical (unpaired) electrons. The van der Waals surface area contributed by atoms with Crippen LogP contribution in [0, 0.1) is 5.92 Å². The molecule has 1 fully saturated rings. The van der Waals surface area contributed by atoms with E-state index in [1.807, 2.05) is 0 Å². The predicted octanol–water partition coefficient (Wildman–Crippen LogP) is 2.36. The number of rotatable bonds is 3. The summed E-state index contributed by atoms with van der Waals surface area (Å²) in [5.74, 6) is 1.42. The number of nitrogens with zero attached hydrogens (tertiary/aromatic N) is 1. The van der Waals surface area contributed by atoms with E-state index in [1.165, 1.54) is 11.1 Å². The molecule has 0 aromatic heterocycles. The topological polar surface area (TPSA) is 41.6 Å². The highest BCUT2D eigenvalue weighted by atomic mass is 16.5. The first-order valence-corrected chi connectivity index (χ1v) is 8.21.